The van der Waals surface area contributed by atoms with Gasteiger partial charge in [0.15, 0.2) is 0 Å². The molecule has 4 N–H and O–H groups in total. The van der Waals surface area contributed by atoms with Gasteiger partial charge in [0.1, 0.15) is 0 Å². The average Bonchev–Trinajstić information content (AvgIpc) is 1.83. The van der Waals surface area contributed by atoms with E-state index in [1.54, 1.807) is 0 Å². The Morgan fingerprint density at radius 3 is 2.20 bits per heavy atom. The number of aliphatic hydroxyl groups is 2. The van der Waals surface area contributed by atoms with E-state index in [1.165, 1.54) is 0 Å². The van der Waals surface area contributed by atoms with Crippen molar-refractivity contribution >= 4 is 12.4 Å². The molecule has 1 aliphatic rings. The maximum atomic E-state index is 9.07. The molecule has 0 aliphatic heterocycles. The second-order valence-corrected chi connectivity index (χ2v) is 2.65. The van der Waals surface area contributed by atoms with E-state index in [1.807, 2.05) is 0 Å². The number of hydrogen-bond donors (Lipinski definition) is 3. The summed E-state index contributed by atoms with van der Waals surface area (Å²) in [6.07, 6.45) is 1.17. The molecule has 0 radical (unpaired) electrons. The molecule has 0 amide bonds. The zero-order chi connectivity index (χ0) is 6.85. The molecule has 4 heteroatoms. The van der Waals surface area contributed by atoms with Crippen molar-refractivity contribution in [2.75, 3.05) is 0 Å². The first-order chi connectivity index (χ1) is 4.22. The van der Waals surface area contributed by atoms with Gasteiger partial charge in [-0.05, 0) is 19.3 Å². The second kappa shape index (κ2) is 4.13. The van der Waals surface area contributed by atoms with Crippen molar-refractivity contribution in [1.29, 1.82) is 0 Å². The first-order valence-electron chi connectivity index (χ1n) is 3.33. The van der Waals surface area contributed by atoms with E-state index in [0.717, 1.165) is 12.8 Å². The number of aliphatic hydroxyl groups excluding tert-OH is 2. The van der Waals surface area contributed by atoms with Crippen molar-refractivity contribution in [2.24, 2.45) is 5.73 Å². The van der Waals surface area contributed by atoms with Crippen molar-refractivity contribution in [3.63, 3.8) is 0 Å². The van der Waals surface area contributed by atoms with Crippen molar-refractivity contribution in [2.45, 2.75) is 37.5 Å². The average molecular weight is 168 g/mol. The molecule has 0 unspecified atom stereocenters. The highest BCUT2D eigenvalue weighted by Crippen LogP contribution is 2.16. The Balaban J connectivity index is 0.000000810. The molecule has 3 nitrogen and oxygen atoms in total. The largest absolute Gasteiger partial charge is 0.390 e. The molecule has 3 atom stereocenters. The molecule has 1 fully saturated rings. The third-order valence-electron chi connectivity index (χ3n) is 1.87. The lowest BCUT2D eigenvalue weighted by molar-refractivity contribution is -0.0205. The lowest BCUT2D eigenvalue weighted by atomic mass is 9.91. The van der Waals surface area contributed by atoms with E-state index in [2.05, 4.69) is 0 Å². The van der Waals surface area contributed by atoms with Gasteiger partial charge in [-0.15, -0.1) is 12.4 Å². The van der Waals surface area contributed by atoms with Gasteiger partial charge < -0.3 is 15.9 Å². The number of nitrogens with two attached hydrogens (primary N) is 1. The van der Waals surface area contributed by atoms with Gasteiger partial charge in [0.05, 0.1) is 12.2 Å². The summed E-state index contributed by atoms with van der Waals surface area (Å²) >= 11 is 0. The first-order valence-corrected chi connectivity index (χ1v) is 3.33. The number of rotatable bonds is 0. The van der Waals surface area contributed by atoms with Gasteiger partial charge in [-0.2, -0.15) is 0 Å². The predicted molar refractivity (Wildman–Crippen MR) is 41.1 cm³/mol. The summed E-state index contributed by atoms with van der Waals surface area (Å²) in [4.78, 5) is 0. The lowest BCUT2D eigenvalue weighted by Gasteiger charge is -2.28. The molecule has 1 saturated carbocycles. The zero-order valence-corrected chi connectivity index (χ0v) is 6.55. The van der Waals surface area contributed by atoms with E-state index in [4.69, 9.17) is 15.9 Å². The van der Waals surface area contributed by atoms with Gasteiger partial charge in [-0.3, -0.25) is 0 Å². The maximum absolute atomic E-state index is 9.07. The zero-order valence-electron chi connectivity index (χ0n) is 5.73. The molecule has 0 saturated heterocycles. The Labute approximate surface area is 66.6 Å². The van der Waals surface area contributed by atoms with Crippen molar-refractivity contribution < 1.29 is 10.2 Å². The van der Waals surface area contributed by atoms with Crippen molar-refractivity contribution in [3.8, 4) is 0 Å². The van der Waals surface area contributed by atoms with E-state index in [9.17, 15) is 0 Å². The second-order valence-electron chi connectivity index (χ2n) is 2.65. The first kappa shape index (κ1) is 10.2. The fourth-order valence-corrected chi connectivity index (χ4v) is 1.19. The number of hydrogen-bond acceptors (Lipinski definition) is 3. The van der Waals surface area contributed by atoms with Crippen LogP contribution in [0.3, 0.4) is 0 Å². The summed E-state index contributed by atoms with van der Waals surface area (Å²) in [5.74, 6) is 0. The molecule has 0 aromatic rings. The van der Waals surface area contributed by atoms with Crippen LogP contribution in [-0.2, 0) is 0 Å². The van der Waals surface area contributed by atoms with Gasteiger partial charge in [0.2, 0.25) is 0 Å². The predicted octanol–water partition coefficient (Wildman–Crippen LogP) is -0.359. The molecule has 0 aromatic heterocycles. The van der Waals surface area contributed by atoms with Crippen LogP contribution >= 0.6 is 12.4 Å². The molecular weight excluding hydrogens is 154 g/mol. The van der Waals surface area contributed by atoms with Crippen molar-refractivity contribution in [3.05, 3.63) is 0 Å². The van der Waals surface area contributed by atoms with E-state index < -0.39 is 12.2 Å². The summed E-state index contributed by atoms with van der Waals surface area (Å²) < 4.78 is 0. The summed E-state index contributed by atoms with van der Waals surface area (Å²) in [7, 11) is 0. The number of halogens is 1. The van der Waals surface area contributed by atoms with Crippen molar-refractivity contribution in [1.82, 2.24) is 0 Å². The van der Waals surface area contributed by atoms with Gasteiger partial charge in [0.25, 0.3) is 0 Å². The van der Waals surface area contributed by atoms with Crippen LogP contribution < -0.4 is 5.73 Å². The Kier molecular flexibility index (Phi) is 4.20. The van der Waals surface area contributed by atoms with Crippen LogP contribution in [-0.4, -0.2) is 28.5 Å². The molecule has 0 bridgehead atoms. The van der Waals surface area contributed by atoms with E-state index >= 15 is 0 Å². The Morgan fingerprint density at radius 1 is 1.20 bits per heavy atom. The highest BCUT2D eigenvalue weighted by Gasteiger charge is 2.26. The molecule has 1 aliphatic carbocycles. The quantitative estimate of drug-likeness (QED) is 0.462. The molecular formula is C6H14ClNO2. The molecule has 1 rings (SSSR count). The molecule has 0 spiro atoms. The minimum atomic E-state index is -0.696. The van der Waals surface area contributed by atoms with Gasteiger partial charge in [-0.1, -0.05) is 0 Å². The maximum Gasteiger partial charge on any atom is 0.0949 e. The van der Waals surface area contributed by atoms with Crippen LogP contribution in [0.15, 0.2) is 0 Å². The van der Waals surface area contributed by atoms with E-state index in [0.29, 0.717) is 6.42 Å². The molecule has 62 valence electrons. The van der Waals surface area contributed by atoms with Crippen LogP contribution in [0.4, 0.5) is 0 Å². The minimum absolute atomic E-state index is 0. The third kappa shape index (κ3) is 2.09. The van der Waals surface area contributed by atoms with Crippen LogP contribution in [0.5, 0.6) is 0 Å². The fraction of sp³-hybridized carbons (Fsp3) is 1.00. The SMILES string of the molecule is Cl.N[C@H]1CCC[C@@H](O)[C@H]1O. The third-order valence-corrected chi connectivity index (χ3v) is 1.87. The highest BCUT2D eigenvalue weighted by molar-refractivity contribution is 5.85. The fourth-order valence-electron chi connectivity index (χ4n) is 1.19. The Bertz CT molecular complexity index is 91.7. The van der Waals surface area contributed by atoms with Crippen LogP contribution in [0.25, 0.3) is 0 Å². The smallest absolute Gasteiger partial charge is 0.0949 e. The summed E-state index contributed by atoms with van der Waals surface area (Å²) in [6.45, 7) is 0. The summed E-state index contributed by atoms with van der Waals surface area (Å²) in [5, 5.41) is 18.1. The summed E-state index contributed by atoms with van der Waals surface area (Å²) in [6, 6.07) is -0.214. The molecule has 0 aromatic carbocycles. The topological polar surface area (TPSA) is 66.5 Å². The normalized spacial score (nSPS) is 40.5. The standard InChI is InChI=1S/C6H13NO2.ClH/c7-4-2-1-3-5(8)6(4)9;/h4-6,8-9H,1-3,7H2;1H/t4-,5+,6-;/m0./s1. The van der Waals surface area contributed by atoms with Gasteiger partial charge in [0, 0.05) is 6.04 Å². The monoisotopic (exact) mass is 167 g/mol. The molecule has 0 heterocycles. The summed E-state index contributed by atoms with van der Waals surface area (Å²) in [5.41, 5.74) is 5.46. The lowest BCUT2D eigenvalue weighted by Crippen LogP contribution is -2.46. The highest BCUT2D eigenvalue weighted by atomic mass is 35.5. The van der Waals surface area contributed by atoms with Crippen LogP contribution in [0, 0.1) is 0 Å². The molecule has 10 heavy (non-hydrogen) atoms. The van der Waals surface area contributed by atoms with Crippen LogP contribution in [0.1, 0.15) is 19.3 Å². The van der Waals surface area contributed by atoms with Crippen LogP contribution in [0.2, 0.25) is 0 Å². The minimum Gasteiger partial charge on any atom is -0.390 e. The van der Waals surface area contributed by atoms with Gasteiger partial charge >= 0.3 is 0 Å². The van der Waals surface area contributed by atoms with Gasteiger partial charge in [-0.25, -0.2) is 0 Å². The Morgan fingerprint density at radius 2 is 1.80 bits per heavy atom. The van der Waals surface area contributed by atoms with E-state index in [-0.39, 0.29) is 18.4 Å². The Hall–Kier alpha value is 0.170.